The van der Waals surface area contributed by atoms with Crippen LogP contribution in [0.1, 0.15) is 37.6 Å². The SMILES string of the molecule is Cc1ccc(Cl)c(-c2nc(C3(C)CC3)[nH]c2-c2ccnc(NCCC#N)n2)c1. The summed E-state index contributed by atoms with van der Waals surface area (Å²) in [5, 5.41) is 12.5. The molecule has 1 aliphatic carbocycles. The first-order valence-corrected chi connectivity index (χ1v) is 9.69. The second-order valence-corrected chi connectivity index (χ2v) is 7.86. The molecule has 3 aromatic rings. The fourth-order valence-corrected chi connectivity index (χ4v) is 3.30. The van der Waals surface area contributed by atoms with Crippen LogP contribution in [0.2, 0.25) is 5.02 Å². The lowest BCUT2D eigenvalue weighted by atomic mass is 10.1. The summed E-state index contributed by atoms with van der Waals surface area (Å²) in [6.45, 7) is 4.76. The van der Waals surface area contributed by atoms with Crippen molar-refractivity contribution in [2.24, 2.45) is 0 Å². The first-order chi connectivity index (χ1) is 13.5. The lowest BCUT2D eigenvalue weighted by Gasteiger charge is -2.07. The van der Waals surface area contributed by atoms with Crippen molar-refractivity contribution < 1.29 is 0 Å². The number of nitrogens with zero attached hydrogens (tertiary/aromatic N) is 4. The normalized spacial score (nSPS) is 14.5. The third-order valence-electron chi connectivity index (χ3n) is 5.08. The minimum atomic E-state index is 0.0875. The number of hydrogen-bond acceptors (Lipinski definition) is 5. The third-order valence-corrected chi connectivity index (χ3v) is 5.41. The first-order valence-electron chi connectivity index (χ1n) is 9.31. The van der Waals surface area contributed by atoms with Crippen LogP contribution in [-0.4, -0.2) is 26.5 Å². The molecule has 142 valence electrons. The van der Waals surface area contributed by atoms with Crippen molar-refractivity contribution in [3.8, 4) is 28.7 Å². The van der Waals surface area contributed by atoms with Crippen LogP contribution in [0, 0.1) is 18.3 Å². The maximum Gasteiger partial charge on any atom is 0.223 e. The van der Waals surface area contributed by atoms with Gasteiger partial charge < -0.3 is 10.3 Å². The molecule has 0 aliphatic heterocycles. The highest BCUT2D eigenvalue weighted by molar-refractivity contribution is 6.33. The van der Waals surface area contributed by atoms with Crippen LogP contribution in [0.25, 0.3) is 22.6 Å². The van der Waals surface area contributed by atoms with Crippen LogP contribution in [0.15, 0.2) is 30.5 Å². The fourth-order valence-electron chi connectivity index (χ4n) is 3.10. The number of aromatic nitrogens is 4. The second kappa shape index (κ2) is 7.25. The van der Waals surface area contributed by atoms with Gasteiger partial charge in [-0.1, -0.05) is 30.2 Å². The number of rotatable bonds is 6. The molecule has 1 aromatic carbocycles. The van der Waals surface area contributed by atoms with Crippen molar-refractivity contribution in [1.29, 1.82) is 5.26 Å². The molecule has 0 radical (unpaired) electrons. The Hall–Kier alpha value is -2.91. The molecular formula is C21H21ClN6. The molecular weight excluding hydrogens is 372 g/mol. The smallest absolute Gasteiger partial charge is 0.223 e. The van der Waals surface area contributed by atoms with Gasteiger partial charge in [0.15, 0.2) is 0 Å². The molecule has 6 nitrogen and oxygen atoms in total. The molecule has 0 unspecified atom stereocenters. The summed E-state index contributed by atoms with van der Waals surface area (Å²) < 4.78 is 0. The predicted molar refractivity (Wildman–Crippen MR) is 110 cm³/mol. The van der Waals surface area contributed by atoms with E-state index >= 15 is 0 Å². The highest BCUT2D eigenvalue weighted by atomic mass is 35.5. The van der Waals surface area contributed by atoms with Crippen molar-refractivity contribution in [3.05, 3.63) is 46.9 Å². The van der Waals surface area contributed by atoms with Gasteiger partial charge in [0.05, 0.1) is 34.6 Å². The van der Waals surface area contributed by atoms with E-state index in [4.69, 9.17) is 21.8 Å². The molecule has 1 aliphatic rings. The van der Waals surface area contributed by atoms with Gasteiger partial charge >= 0.3 is 0 Å². The zero-order valence-electron chi connectivity index (χ0n) is 15.9. The summed E-state index contributed by atoms with van der Waals surface area (Å²) in [7, 11) is 0. The third kappa shape index (κ3) is 3.58. The Kier molecular flexibility index (Phi) is 4.78. The van der Waals surface area contributed by atoms with Crippen molar-refractivity contribution in [2.75, 3.05) is 11.9 Å². The van der Waals surface area contributed by atoms with E-state index in [1.54, 1.807) is 6.20 Å². The summed E-state index contributed by atoms with van der Waals surface area (Å²) in [6.07, 6.45) is 4.33. The number of anilines is 1. The van der Waals surface area contributed by atoms with Gasteiger partial charge in [0.1, 0.15) is 5.82 Å². The van der Waals surface area contributed by atoms with Gasteiger partial charge in [-0.3, -0.25) is 0 Å². The van der Waals surface area contributed by atoms with Crippen LogP contribution in [0.5, 0.6) is 0 Å². The Morgan fingerprint density at radius 3 is 2.86 bits per heavy atom. The van der Waals surface area contributed by atoms with Crippen molar-refractivity contribution in [3.63, 3.8) is 0 Å². The highest BCUT2D eigenvalue weighted by Crippen LogP contribution is 2.48. The maximum absolute atomic E-state index is 8.72. The number of H-pyrrole nitrogens is 1. The van der Waals surface area contributed by atoms with E-state index in [-0.39, 0.29) is 5.41 Å². The highest BCUT2D eigenvalue weighted by Gasteiger charge is 2.42. The van der Waals surface area contributed by atoms with Gasteiger partial charge in [0.2, 0.25) is 5.95 Å². The fraction of sp³-hybridized carbons (Fsp3) is 0.333. The van der Waals surface area contributed by atoms with Crippen LogP contribution >= 0.6 is 11.6 Å². The van der Waals surface area contributed by atoms with E-state index < -0.39 is 0 Å². The maximum atomic E-state index is 8.72. The number of nitriles is 1. The van der Waals surface area contributed by atoms with E-state index in [9.17, 15) is 0 Å². The quantitative estimate of drug-likeness (QED) is 0.584. The summed E-state index contributed by atoms with van der Waals surface area (Å²) in [4.78, 5) is 17.3. The molecule has 2 aromatic heterocycles. The van der Waals surface area contributed by atoms with Gasteiger partial charge in [-0.25, -0.2) is 15.0 Å². The van der Waals surface area contributed by atoms with Crippen LogP contribution in [0.4, 0.5) is 5.95 Å². The number of aromatic amines is 1. The van der Waals surface area contributed by atoms with Crippen molar-refractivity contribution >= 4 is 17.5 Å². The van der Waals surface area contributed by atoms with Gasteiger partial charge in [0.25, 0.3) is 0 Å². The van der Waals surface area contributed by atoms with Crippen molar-refractivity contribution in [2.45, 2.75) is 38.5 Å². The minimum absolute atomic E-state index is 0.0875. The Morgan fingerprint density at radius 2 is 2.11 bits per heavy atom. The standard InChI is InChI=1S/C21H21ClN6/c1-13-4-5-15(22)14(12-13)17-18(28-19(27-17)21(2)7-8-21)16-6-11-25-20(26-16)24-10-3-9-23/h4-6,11-12H,3,7-8,10H2,1-2H3,(H,27,28)(H,24,25,26). The number of benzene rings is 1. The lowest BCUT2D eigenvalue weighted by Crippen LogP contribution is -2.05. The number of hydrogen-bond donors (Lipinski definition) is 2. The minimum Gasteiger partial charge on any atom is -0.353 e. The lowest BCUT2D eigenvalue weighted by molar-refractivity contribution is 0.725. The monoisotopic (exact) mass is 392 g/mol. The molecule has 28 heavy (non-hydrogen) atoms. The molecule has 0 saturated heterocycles. The van der Waals surface area contributed by atoms with E-state index in [1.807, 2.05) is 31.2 Å². The van der Waals surface area contributed by atoms with Gasteiger partial charge in [0, 0.05) is 23.7 Å². The van der Waals surface area contributed by atoms with Crippen LogP contribution < -0.4 is 5.32 Å². The molecule has 0 spiro atoms. The van der Waals surface area contributed by atoms with Gasteiger partial charge in [-0.05, 0) is 38.0 Å². The molecule has 4 rings (SSSR count). The van der Waals surface area contributed by atoms with E-state index in [0.29, 0.717) is 23.9 Å². The number of nitrogens with one attached hydrogen (secondary N) is 2. The Bertz CT molecular complexity index is 1060. The number of aryl methyl sites for hydroxylation is 1. The molecule has 0 bridgehead atoms. The van der Waals surface area contributed by atoms with Crippen LogP contribution in [0.3, 0.4) is 0 Å². The Morgan fingerprint density at radius 1 is 1.29 bits per heavy atom. The Balaban J connectivity index is 1.80. The largest absolute Gasteiger partial charge is 0.353 e. The van der Waals surface area contributed by atoms with Crippen LogP contribution in [-0.2, 0) is 5.41 Å². The predicted octanol–water partition coefficient (Wildman–Crippen LogP) is 4.87. The summed E-state index contributed by atoms with van der Waals surface area (Å²) in [5.74, 6) is 1.45. The molecule has 1 fully saturated rings. The topological polar surface area (TPSA) is 90.3 Å². The summed E-state index contributed by atoms with van der Waals surface area (Å²) in [5.41, 5.74) is 4.48. The molecule has 0 amide bonds. The number of imidazole rings is 1. The van der Waals surface area contributed by atoms with Gasteiger partial charge in [-0.2, -0.15) is 5.26 Å². The molecule has 2 N–H and O–H groups in total. The van der Waals surface area contributed by atoms with Gasteiger partial charge in [-0.15, -0.1) is 0 Å². The zero-order valence-corrected chi connectivity index (χ0v) is 16.6. The van der Waals surface area contributed by atoms with E-state index in [0.717, 1.165) is 46.9 Å². The summed E-state index contributed by atoms with van der Waals surface area (Å²) in [6, 6.07) is 9.90. The zero-order chi connectivity index (χ0) is 19.7. The number of halogens is 1. The van der Waals surface area contributed by atoms with Crippen molar-refractivity contribution in [1.82, 2.24) is 19.9 Å². The average molecular weight is 393 g/mol. The molecule has 7 heteroatoms. The molecule has 1 saturated carbocycles. The first kappa shape index (κ1) is 18.5. The van der Waals surface area contributed by atoms with E-state index in [1.165, 1.54) is 0 Å². The second-order valence-electron chi connectivity index (χ2n) is 7.45. The molecule has 0 atom stereocenters. The van der Waals surface area contributed by atoms with E-state index in [2.05, 4.69) is 33.3 Å². The molecule has 2 heterocycles. The summed E-state index contributed by atoms with van der Waals surface area (Å²) >= 11 is 6.52. The average Bonchev–Trinajstić information content (AvgIpc) is 3.28. The Labute approximate surface area is 169 Å².